The Bertz CT molecular complexity index is 1150. The molecule has 0 bridgehead atoms. The van der Waals surface area contributed by atoms with Crippen LogP contribution >= 0.6 is 0 Å². The number of allylic oxidation sites excluding steroid dienone is 2. The van der Waals surface area contributed by atoms with Gasteiger partial charge in [-0.15, -0.1) is 0 Å². The van der Waals surface area contributed by atoms with Gasteiger partial charge in [0.1, 0.15) is 0 Å². The Labute approximate surface area is 172 Å². The van der Waals surface area contributed by atoms with Crippen LogP contribution in [0.1, 0.15) is 50.3 Å². The molecular weight excluding hydrogens is 358 g/mol. The highest BCUT2D eigenvalue weighted by atomic mass is 16.1. The highest BCUT2D eigenvalue weighted by Gasteiger charge is 2.28. The van der Waals surface area contributed by atoms with E-state index < -0.39 is 5.41 Å². The molecule has 0 saturated heterocycles. The molecule has 4 nitrogen and oxygen atoms in total. The molecule has 1 aromatic heterocycles. The molecule has 0 fully saturated rings. The number of nitrogen functional groups attached to an aromatic ring is 1. The number of hydrogen-bond acceptors (Lipinski definition) is 3. The lowest BCUT2D eigenvalue weighted by Gasteiger charge is -2.24. The second-order valence-corrected chi connectivity index (χ2v) is 7.92. The number of pyridine rings is 1. The van der Waals surface area contributed by atoms with Crippen molar-refractivity contribution >= 4 is 12.2 Å². The summed E-state index contributed by atoms with van der Waals surface area (Å²) in [4.78, 5) is 12.9. The van der Waals surface area contributed by atoms with Crippen molar-refractivity contribution in [3.63, 3.8) is 0 Å². The van der Waals surface area contributed by atoms with Crippen LogP contribution in [0.5, 0.6) is 0 Å². The normalized spacial score (nSPS) is 17.5. The lowest BCUT2D eigenvalue weighted by atomic mass is 9.77. The lowest BCUT2D eigenvalue weighted by molar-refractivity contribution is 0.543. The van der Waals surface area contributed by atoms with Gasteiger partial charge in [0.15, 0.2) is 0 Å². The molecular formula is C25H29N3O. The SMILES string of the molecule is C/C=c1/c2c(c(=O)n(N)/c1=C/C(=C\C)C(C)(C#N)Cc1ccccc1)CCCC2. The van der Waals surface area contributed by atoms with Gasteiger partial charge >= 0.3 is 0 Å². The Hall–Kier alpha value is -3.06. The maximum atomic E-state index is 12.9. The summed E-state index contributed by atoms with van der Waals surface area (Å²) in [6.07, 6.45) is 10.3. The summed E-state index contributed by atoms with van der Waals surface area (Å²) in [5, 5.41) is 11.7. The molecule has 2 N–H and O–H groups in total. The summed E-state index contributed by atoms with van der Waals surface area (Å²) < 4.78 is 1.27. The van der Waals surface area contributed by atoms with Crippen LogP contribution in [0.3, 0.4) is 0 Å². The fourth-order valence-electron chi connectivity index (χ4n) is 4.37. The first-order chi connectivity index (χ1) is 13.9. The van der Waals surface area contributed by atoms with E-state index in [9.17, 15) is 10.1 Å². The van der Waals surface area contributed by atoms with Gasteiger partial charge in [-0.05, 0) is 80.9 Å². The monoisotopic (exact) mass is 387 g/mol. The predicted molar refractivity (Wildman–Crippen MR) is 119 cm³/mol. The molecule has 3 rings (SSSR count). The zero-order valence-electron chi connectivity index (χ0n) is 17.5. The Morgan fingerprint density at radius 2 is 1.86 bits per heavy atom. The number of fused-ring (bicyclic) bond motifs is 1. The van der Waals surface area contributed by atoms with Crippen molar-refractivity contribution < 1.29 is 0 Å². The van der Waals surface area contributed by atoms with Crippen LogP contribution in [0.25, 0.3) is 12.2 Å². The van der Waals surface area contributed by atoms with Crippen molar-refractivity contribution in [2.75, 3.05) is 5.84 Å². The minimum atomic E-state index is -0.729. The summed E-state index contributed by atoms with van der Waals surface area (Å²) in [7, 11) is 0. The average Bonchev–Trinajstić information content (AvgIpc) is 2.75. The summed E-state index contributed by atoms with van der Waals surface area (Å²) in [6.45, 7) is 5.85. The van der Waals surface area contributed by atoms with Crippen molar-refractivity contribution in [1.82, 2.24) is 4.68 Å². The van der Waals surface area contributed by atoms with Gasteiger partial charge in [-0.1, -0.05) is 42.5 Å². The maximum absolute atomic E-state index is 12.9. The largest absolute Gasteiger partial charge is 0.336 e. The van der Waals surface area contributed by atoms with Gasteiger partial charge in [-0.25, -0.2) is 4.68 Å². The zero-order valence-corrected chi connectivity index (χ0v) is 17.5. The second kappa shape index (κ2) is 8.53. The van der Waals surface area contributed by atoms with Crippen LogP contribution in [0.2, 0.25) is 0 Å². The first kappa shape index (κ1) is 20.7. The smallest absolute Gasteiger partial charge is 0.272 e. The Morgan fingerprint density at radius 1 is 1.21 bits per heavy atom. The molecule has 2 aromatic rings. The van der Waals surface area contributed by atoms with Gasteiger partial charge in [0.25, 0.3) is 5.56 Å². The summed E-state index contributed by atoms with van der Waals surface area (Å²) >= 11 is 0. The third-order valence-corrected chi connectivity index (χ3v) is 5.98. The van der Waals surface area contributed by atoms with Gasteiger partial charge in [0.05, 0.1) is 16.8 Å². The molecule has 1 aromatic carbocycles. The average molecular weight is 388 g/mol. The molecule has 1 heterocycles. The van der Waals surface area contributed by atoms with Crippen molar-refractivity contribution in [3.05, 3.63) is 79.6 Å². The highest BCUT2D eigenvalue weighted by Crippen LogP contribution is 2.31. The molecule has 0 spiro atoms. The highest BCUT2D eigenvalue weighted by molar-refractivity contribution is 5.54. The van der Waals surface area contributed by atoms with Crippen molar-refractivity contribution in [3.8, 4) is 6.07 Å². The van der Waals surface area contributed by atoms with Gasteiger partial charge < -0.3 is 5.84 Å². The van der Waals surface area contributed by atoms with E-state index in [-0.39, 0.29) is 5.56 Å². The van der Waals surface area contributed by atoms with E-state index in [1.807, 2.05) is 69.3 Å². The number of hydrogen-bond donors (Lipinski definition) is 1. The van der Waals surface area contributed by atoms with E-state index in [2.05, 4.69) is 6.07 Å². The van der Waals surface area contributed by atoms with Gasteiger partial charge in [0, 0.05) is 5.56 Å². The zero-order chi connectivity index (χ0) is 21.0. The van der Waals surface area contributed by atoms with E-state index in [0.29, 0.717) is 11.8 Å². The van der Waals surface area contributed by atoms with Crippen LogP contribution < -0.4 is 22.0 Å². The third kappa shape index (κ3) is 3.91. The molecule has 1 unspecified atom stereocenters. The molecule has 1 atom stereocenters. The van der Waals surface area contributed by atoms with Crippen LogP contribution in [-0.2, 0) is 19.3 Å². The quantitative estimate of drug-likeness (QED) is 0.820. The van der Waals surface area contributed by atoms with E-state index in [1.165, 1.54) is 4.68 Å². The van der Waals surface area contributed by atoms with E-state index in [4.69, 9.17) is 5.84 Å². The van der Waals surface area contributed by atoms with Gasteiger partial charge in [0.2, 0.25) is 0 Å². The number of nitrogens with zero attached hydrogens (tertiary/aromatic N) is 2. The standard InChI is InChI=1S/C25H29N3O/c1-4-19(25(3,17-26)16-18-11-7-6-8-12-18)15-23-20(5-2)21-13-9-10-14-22(21)24(29)28(23)27/h4-8,11-12,15H,9-10,13-14,16,27H2,1-3H3/b19-4+,20-5-,23-15+. The van der Waals surface area contributed by atoms with Crippen LogP contribution in [-0.4, -0.2) is 4.68 Å². The summed E-state index contributed by atoms with van der Waals surface area (Å²) in [5.74, 6) is 6.27. The first-order valence-corrected chi connectivity index (χ1v) is 10.3. The molecule has 0 aliphatic heterocycles. The van der Waals surface area contributed by atoms with Crippen molar-refractivity contribution in [2.24, 2.45) is 5.41 Å². The molecule has 0 radical (unpaired) electrons. The van der Waals surface area contributed by atoms with E-state index in [0.717, 1.165) is 53.2 Å². The lowest BCUT2D eigenvalue weighted by Crippen LogP contribution is -2.51. The van der Waals surface area contributed by atoms with E-state index >= 15 is 0 Å². The van der Waals surface area contributed by atoms with Crippen LogP contribution in [0, 0.1) is 16.7 Å². The molecule has 0 amide bonds. The third-order valence-electron chi connectivity index (χ3n) is 5.98. The number of rotatable bonds is 4. The topological polar surface area (TPSA) is 71.8 Å². The molecule has 1 aliphatic rings. The fraction of sp³-hybridized carbons (Fsp3) is 0.360. The molecule has 4 heteroatoms. The van der Waals surface area contributed by atoms with Gasteiger partial charge in [-0.3, -0.25) is 4.79 Å². The number of nitriles is 1. The number of nitrogens with two attached hydrogens (primary N) is 1. The summed E-state index contributed by atoms with van der Waals surface area (Å²) in [5.41, 5.74) is 3.08. The molecule has 29 heavy (non-hydrogen) atoms. The van der Waals surface area contributed by atoms with Crippen molar-refractivity contribution in [2.45, 2.75) is 52.9 Å². The number of benzene rings is 1. The fourth-order valence-corrected chi connectivity index (χ4v) is 4.37. The van der Waals surface area contributed by atoms with Gasteiger partial charge in [-0.2, -0.15) is 5.26 Å². The molecule has 150 valence electrons. The maximum Gasteiger partial charge on any atom is 0.272 e. The summed E-state index contributed by atoms with van der Waals surface area (Å²) in [6, 6.07) is 12.5. The first-order valence-electron chi connectivity index (χ1n) is 10.3. The Morgan fingerprint density at radius 3 is 2.45 bits per heavy atom. The van der Waals surface area contributed by atoms with Crippen LogP contribution in [0.15, 0.2) is 46.8 Å². The Kier molecular flexibility index (Phi) is 6.08. The second-order valence-electron chi connectivity index (χ2n) is 7.92. The van der Waals surface area contributed by atoms with Crippen molar-refractivity contribution in [1.29, 1.82) is 5.26 Å². The van der Waals surface area contributed by atoms with Crippen LogP contribution in [0.4, 0.5) is 0 Å². The molecule has 0 saturated carbocycles. The minimum absolute atomic E-state index is 0.117. The predicted octanol–water partition coefficient (Wildman–Crippen LogP) is 2.74. The number of aromatic nitrogens is 1. The Balaban J connectivity index is 2.21. The molecule has 1 aliphatic carbocycles. The van der Waals surface area contributed by atoms with E-state index in [1.54, 1.807) is 0 Å². The minimum Gasteiger partial charge on any atom is -0.336 e.